The molecule has 0 radical (unpaired) electrons. The fourth-order valence-corrected chi connectivity index (χ4v) is 3.63. The van der Waals surface area contributed by atoms with Crippen LogP contribution in [-0.4, -0.2) is 27.3 Å². The van der Waals surface area contributed by atoms with Crippen LogP contribution in [0, 0.1) is 12.8 Å². The van der Waals surface area contributed by atoms with E-state index in [1.165, 1.54) is 0 Å². The van der Waals surface area contributed by atoms with Crippen molar-refractivity contribution in [3.05, 3.63) is 41.3 Å². The molecule has 0 unspecified atom stereocenters. The number of rotatable bonds is 5. The number of imidazole rings is 1. The highest BCUT2D eigenvalue weighted by Crippen LogP contribution is 2.30. The minimum Gasteiger partial charge on any atom is -0.383 e. The van der Waals surface area contributed by atoms with E-state index in [0.717, 1.165) is 49.8 Å². The standard InChI is InChI=1S/C20H24N4O2/c1-12-6-7-14(20(26)23-15-8-9-15)10-16(12)24-11-22-17(19(24)21)18(25)13-4-2-3-5-13/h6-7,10-11,13,15H,2-5,8-9,21H2,1H3,(H,23,26). The molecule has 2 aliphatic carbocycles. The Morgan fingerprint density at radius 1 is 1.19 bits per heavy atom. The summed E-state index contributed by atoms with van der Waals surface area (Å²) in [6.07, 6.45) is 7.70. The Hall–Kier alpha value is -2.63. The second-order valence-corrected chi connectivity index (χ2v) is 7.44. The summed E-state index contributed by atoms with van der Waals surface area (Å²) in [6, 6.07) is 5.83. The van der Waals surface area contributed by atoms with E-state index in [9.17, 15) is 9.59 Å². The number of nitrogens with one attached hydrogen (secondary N) is 1. The second-order valence-electron chi connectivity index (χ2n) is 7.44. The quantitative estimate of drug-likeness (QED) is 0.809. The topological polar surface area (TPSA) is 90.0 Å². The molecule has 26 heavy (non-hydrogen) atoms. The smallest absolute Gasteiger partial charge is 0.251 e. The fraction of sp³-hybridized carbons (Fsp3) is 0.450. The zero-order chi connectivity index (χ0) is 18.3. The number of amides is 1. The van der Waals surface area contributed by atoms with Crippen molar-refractivity contribution in [1.82, 2.24) is 14.9 Å². The Bertz CT molecular complexity index is 861. The summed E-state index contributed by atoms with van der Waals surface area (Å²) in [5.74, 6) is 0.357. The highest BCUT2D eigenvalue weighted by molar-refractivity contribution is 6.00. The molecule has 1 aromatic heterocycles. The Kier molecular flexibility index (Phi) is 4.26. The molecule has 1 amide bonds. The van der Waals surface area contributed by atoms with Crippen molar-refractivity contribution in [3.63, 3.8) is 0 Å². The normalized spacial score (nSPS) is 17.4. The van der Waals surface area contributed by atoms with Gasteiger partial charge in [-0.15, -0.1) is 0 Å². The van der Waals surface area contributed by atoms with Crippen LogP contribution in [0.4, 0.5) is 5.82 Å². The number of anilines is 1. The highest BCUT2D eigenvalue weighted by atomic mass is 16.1. The van der Waals surface area contributed by atoms with E-state index < -0.39 is 0 Å². The lowest BCUT2D eigenvalue weighted by Crippen LogP contribution is -2.25. The van der Waals surface area contributed by atoms with E-state index in [1.807, 2.05) is 25.1 Å². The third-order valence-corrected chi connectivity index (χ3v) is 5.41. The Morgan fingerprint density at radius 2 is 1.92 bits per heavy atom. The van der Waals surface area contributed by atoms with Crippen molar-refractivity contribution in [2.45, 2.75) is 51.5 Å². The maximum absolute atomic E-state index is 12.7. The molecular formula is C20H24N4O2. The van der Waals surface area contributed by atoms with Crippen molar-refractivity contribution in [2.24, 2.45) is 5.92 Å². The lowest BCUT2D eigenvalue weighted by molar-refractivity contribution is 0.0917. The first-order valence-electron chi connectivity index (χ1n) is 9.33. The molecule has 0 spiro atoms. The molecule has 0 atom stereocenters. The summed E-state index contributed by atoms with van der Waals surface area (Å²) in [6.45, 7) is 1.95. The molecule has 6 heteroatoms. The van der Waals surface area contributed by atoms with Crippen LogP contribution in [0.15, 0.2) is 24.5 Å². The van der Waals surface area contributed by atoms with Crippen molar-refractivity contribution >= 4 is 17.5 Å². The van der Waals surface area contributed by atoms with Crippen molar-refractivity contribution in [1.29, 1.82) is 0 Å². The van der Waals surface area contributed by atoms with Gasteiger partial charge in [-0.3, -0.25) is 14.2 Å². The summed E-state index contributed by atoms with van der Waals surface area (Å²) < 4.78 is 1.71. The summed E-state index contributed by atoms with van der Waals surface area (Å²) in [7, 11) is 0. The number of aromatic nitrogens is 2. The van der Waals surface area contributed by atoms with E-state index in [1.54, 1.807) is 10.9 Å². The van der Waals surface area contributed by atoms with Gasteiger partial charge >= 0.3 is 0 Å². The molecule has 0 bridgehead atoms. The van der Waals surface area contributed by atoms with Gasteiger partial charge < -0.3 is 11.1 Å². The summed E-state index contributed by atoms with van der Waals surface area (Å²) in [5.41, 5.74) is 8.96. The van der Waals surface area contributed by atoms with Gasteiger partial charge in [0.2, 0.25) is 0 Å². The Labute approximate surface area is 152 Å². The number of nitrogen functional groups attached to an aromatic ring is 1. The summed E-state index contributed by atoms with van der Waals surface area (Å²) >= 11 is 0. The zero-order valence-corrected chi connectivity index (χ0v) is 15.0. The predicted molar refractivity (Wildman–Crippen MR) is 99.5 cm³/mol. The number of aryl methyl sites for hydroxylation is 1. The van der Waals surface area contributed by atoms with Gasteiger partial charge in [-0.25, -0.2) is 4.98 Å². The largest absolute Gasteiger partial charge is 0.383 e. The van der Waals surface area contributed by atoms with Gasteiger partial charge in [0.25, 0.3) is 5.91 Å². The van der Waals surface area contributed by atoms with Crippen LogP contribution in [-0.2, 0) is 0 Å². The molecule has 2 fully saturated rings. The molecule has 136 valence electrons. The molecule has 4 rings (SSSR count). The van der Waals surface area contributed by atoms with Gasteiger partial charge in [0.1, 0.15) is 17.8 Å². The number of nitrogens with zero attached hydrogens (tertiary/aromatic N) is 2. The Morgan fingerprint density at radius 3 is 2.62 bits per heavy atom. The average molecular weight is 352 g/mol. The van der Waals surface area contributed by atoms with Gasteiger partial charge in [0, 0.05) is 17.5 Å². The van der Waals surface area contributed by atoms with Crippen LogP contribution in [0.1, 0.15) is 64.9 Å². The van der Waals surface area contributed by atoms with Crippen LogP contribution < -0.4 is 11.1 Å². The zero-order valence-electron chi connectivity index (χ0n) is 15.0. The van der Waals surface area contributed by atoms with E-state index in [0.29, 0.717) is 23.1 Å². The molecule has 2 aromatic rings. The maximum Gasteiger partial charge on any atom is 0.251 e. The molecule has 0 saturated heterocycles. The second kappa shape index (κ2) is 6.59. The fourth-order valence-electron chi connectivity index (χ4n) is 3.63. The van der Waals surface area contributed by atoms with E-state index in [4.69, 9.17) is 5.73 Å². The van der Waals surface area contributed by atoms with Gasteiger partial charge in [-0.1, -0.05) is 18.9 Å². The number of benzene rings is 1. The summed E-state index contributed by atoms with van der Waals surface area (Å²) in [5, 5.41) is 2.99. The molecule has 3 N–H and O–H groups in total. The van der Waals surface area contributed by atoms with Gasteiger partial charge in [0.15, 0.2) is 5.78 Å². The molecule has 2 saturated carbocycles. The third kappa shape index (κ3) is 3.11. The van der Waals surface area contributed by atoms with Gasteiger partial charge in [0.05, 0.1) is 5.69 Å². The number of carbonyl (C=O) groups excluding carboxylic acids is 2. The van der Waals surface area contributed by atoms with Crippen LogP contribution in [0.5, 0.6) is 0 Å². The van der Waals surface area contributed by atoms with Crippen molar-refractivity contribution in [3.8, 4) is 5.69 Å². The van der Waals surface area contributed by atoms with Crippen molar-refractivity contribution < 1.29 is 9.59 Å². The highest BCUT2D eigenvalue weighted by Gasteiger charge is 2.28. The molecule has 2 aliphatic rings. The number of Topliss-reactive ketones (excluding diaryl/α,β-unsaturated/α-hetero) is 1. The Balaban J connectivity index is 1.64. The number of hydrogen-bond acceptors (Lipinski definition) is 4. The molecule has 6 nitrogen and oxygen atoms in total. The van der Waals surface area contributed by atoms with E-state index in [2.05, 4.69) is 10.3 Å². The minimum absolute atomic E-state index is 0.0393. The van der Waals surface area contributed by atoms with Gasteiger partial charge in [-0.2, -0.15) is 0 Å². The van der Waals surface area contributed by atoms with E-state index >= 15 is 0 Å². The van der Waals surface area contributed by atoms with Gasteiger partial charge in [-0.05, 0) is 50.3 Å². The first-order valence-corrected chi connectivity index (χ1v) is 9.33. The lowest BCUT2D eigenvalue weighted by atomic mass is 10.0. The number of hydrogen-bond donors (Lipinski definition) is 2. The number of ketones is 1. The number of carbonyl (C=O) groups is 2. The minimum atomic E-state index is -0.0744. The lowest BCUT2D eigenvalue weighted by Gasteiger charge is -2.12. The summed E-state index contributed by atoms with van der Waals surface area (Å²) in [4.78, 5) is 29.3. The third-order valence-electron chi connectivity index (χ3n) is 5.41. The monoisotopic (exact) mass is 352 g/mol. The van der Waals surface area contributed by atoms with E-state index in [-0.39, 0.29) is 17.6 Å². The maximum atomic E-state index is 12.7. The molecular weight excluding hydrogens is 328 g/mol. The SMILES string of the molecule is Cc1ccc(C(=O)NC2CC2)cc1-n1cnc(C(=O)C2CCCC2)c1N. The van der Waals surface area contributed by atoms with Crippen molar-refractivity contribution in [2.75, 3.05) is 5.73 Å². The van der Waals surface area contributed by atoms with Crippen LogP contribution >= 0.6 is 0 Å². The molecule has 0 aliphatic heterocycles. The first kappa shape index (κ1) is 16.8. The van der Waals surface area contributed by atoms with Crippen LogP contribution in [0.25, 0.3) is 5.69 Å². The predicted octanol–water partition coefficient (Wildman–Crippen LogP) is 3.03. The molecule has 1 heterocycles. The molecule has 1 aromatic carbocycles. The van der Waals surface area contributed by atoms with Crippen LogP contribution in [0.3, 0.4) is 0 Å². The average Bonchev–Trinajstić information content (AvgIpc) is 3.12. The first-order chi connectivity index (χ1) is 12.5. The van der Waals surface area contributed by atoms with Crippen LogP contribution in [0.2, 0.25) is 0 Å². The number of nitrogens with two attached hydrogens (primary N) is 1.